The Balaban J connectivity index is 1.65. The van der Waals surface area contributed by atoms with Gasteiger partial charge in [-0.3, -0.25) is 4.79 Å². The van der Waals surface area contributed by atoms with Crippen molar-refractivity contribution in [2.45, 2.75) is 6.36 Å². The number of carbonyl (C=O) groups excluding carboxylic acids is 2. The number of esters is 1. The highest BCUT2D eigenvalue weighted by Gasteiger charge is 2.31. The van der Waals surface area contributed by atoms with Crippen molar-refractivity contribution in [3.8, 4) is 11.5 Å². The predicted octanol–water partition coefficient (Wildman–Crippen LogP) is 5.04. The molecule has 3 rings (SSSR count). The number of carbonyl (C=O) groups is 2. The Kier molecular flexibility index (Phi) is 5.44. The first-order chi connectivity index (χ1) is 13.3. The van der Waals surface area contributed by atoms with Gasteiger partial charge in [0.15, 0.2) is 5.78 Å². The third kappa shape index (κ3) is 4.97. The molecular weight excluding hydrogens is 373 g/mol. The summed E-state index contributed by atoms with van der Waals surface area (Å²) in [5, 5.41) is 0. The molecule has 0 N–H and O–H groups in total. The van der Waals surface area contributed by atoms with Gasteiger partial charge in [0.2, 0.25) is 0 Å². The van der Waals surface area contributed by atoms with E-state index in [9.17, 15) is 22.8 Å². The lowest BCUT2D eigenvalue weighted by Gasteiger charge is -2.09. The van der Waals surface area contributed by atoms with Gasteiger partial charge in [0.05, 0.1) is 5.56 Å². The van der Waals surface area contributed by atoms with Crippen LogP contribution in [0.1, 0.15) is 26.3 Å². The molecule has 7 heteroatoms. The fraction of sp³-hybridized carbons (Fsp3) is 0.0476. The van der Waals surface area contributed by atoms with E-state index >= 15 is 0 Å². The van der Waals surface area contributed by atoms with Gasteiger partial charge >= 0.3 is 12.3 Å². The molecular formula is C21H13F3O4. The standard InChI is InChI=1S/C21H13F3O4/c22-21(23,24)28-18-12-8-16(9-13-18)20(26)27-17-10-6-15(7-11-17)19(25)14-4-2-1-3-5-14/h1-13H. The normalized spacial score (nSPS) is 11.0. The van der Waals surface area contributed by atoms with Crippen LogP contribution >= 0.6 is 0 Å². The predicted molar refractivity (Wildman–Crippen MR) is 94.4 cm³/mol. The van der Waals surface area contributed by atoms with Gasteiger partial charge in [0.1, 0.15) is 11.5 Å². The minimum Gasteiger partial charge on any atom is -0.423 e. The number of rotatable bonds is 5. The van der Waals surface area contributed by atoms with Gasteiger partial charge in [-0.25, -0.2) is 4.79 Å². The maximum atomic E-state index is 12.3. The molecule has 0 saturated carbocycles. The van der Waals surface area contributed by atoms with Crippen molar-refractivity contribution >= 4 is 11.8 Å². The summed E-state index contributed by atoms with van der Waals surface area (Å²) in [5.74, 6) is -1.16. The Hall–Kier alpha value is -3.61. The average molecular weight is 386 g/mol. The molecule has 0 aromatic heterocycles. The first kappa shape index (κ1) is 19.2. The lowest BCUT2D eigenvalue weighted by atomic mass is 10.0. The molecule has 0 unspecified atom stereocenters. The van der Waals surface area contributed by atoms with Gasteiger partial charge in [-0.1, -0.05) is 30.3 Å². The van der Waals surface area contributed by atoms with Gasteiger partial charge in [0.25, 0.3) is 0 Å². The van der Waals surface area contributed by atoms with Crippen molar-refractivity contribution in [1.82, 2.24) is 0 Å². The molecule has 0 heterocycles. The summed E-state index contributed by atoms with van der Waals surface area (Å²) in [7, 11) is 0. The molecule has 0 aliphatic heterocycles. The summed E-state index contributed by atoms with van der Waals surface area (Å²) >= 11 is 0. The topological polar surface area (TPSA) is 52.6 Å². The zero-order valence-corrected chi connectivity index (χ0v) is 14.3. The van der Waals surface area contributed by atoms with E-state index in [4.69, 9.17) is 4.74 Å². The average Bonchev–Trinajstić information content (AvgIpc) is 2.68. The largest absolute Gasteiger partial charge is 0.573 e. The zero-order chi connectivity index (χ0) is 20.1. The van der Waals surface area contributed by atoms with Gasteiger partial charge in [-0.2, -0.15) is 0 Å². The van der Waals surface area contributed by atoms with E-state index in [-0.39, 0.29) is 17.1 Å². The molecule has 0 saturated heterocycles. The van der Waals surface area contributed by atoms with Crippen molar-refractivity contribution in [3.05, 3.63) is 95.6 Å². The first-order valence-corrected chi connectivity index (χ1v) is 8.10. The summed E-state index contributed by atoms with van der Waals surface area (Å²) in [6.07, 6.45) is -4.80. The van der Waals surface area contributed by atoms with E-state index in [2.05, 4.69) is 4.74 Å². The van der Waals surface area contributed by atoms with Crippen LogP contribution < -0.4 is 9.47 Å². The van der Waals surface area contributed by atoms with Gasteiger partial charge < -0.3 is 9.47 Å². The van der Waals surface area contributed by atoms with Crippen LogP contribution in [0.3, 0.4) is 0 Å². The second-order valence-electron chi connectivity index (χ2n) is 5.68. The SMILES string of the molecule is O=C(Oc1ccc(C(=O)c2ccccc2)cc1)c1ccc(OC(F)(F)F)cc1. The maximum absolute atomic E-state index is 12.3. The fourth-order valence-electron chi connectivity index (χ4n) is 2.39. The van der Waals surface area contributed by atoms with Gasteiger partial charge in [-0.15, -0.1) is 13.2 Å². The smallest absolute Gasteiger partial charge is 0.423 e. The molecule has 0 aliphatic rings. The summed E-state index contributed by atoms with van der Waals surface area (Å²) < 4.78 is 45.4. The Bertz CT molecular complexity index is 963. The number of ketones is 1. The zero-order valence-electron chi connectivity index (χ0n) is 14.3. The third-order valence-electron chi connectivity index (χ3n) is 3.69. The van der Waals surface area contributed by atoms with Crippen LogP contribution in [0, 0.1) is 0 Å². The summed E-state index contributed by atoms with van der Waals surface area (Å²) in [6, 6.07) is 19.1. The number of alkyl halides is 3. The van der Waals surface area contributed by atoms with Crippen LogP contribution in [0.25, 0.3) is 0 Å². The van der Waals surface area contributed by atoms with Crippen LogP contribution in [0.15, 0.2) is 78.9 Å². The van der Waals surface area contributed by atoms with Crippen LogP contribution in [0.4, 0.5) is 13.2 Å². The Morgan fingerprint density at radius 2 is 1.14 bits per heavy atom. The monoisotopic (exact) mass is 386 g/mol. The number of benzene rings is 3. The van der Waals surface area contributed by atoms with E-state index in [1.54, 1.807) is 30.3 Å². The lowest BCUT2D eigenvalue weighted by molar-refractivity contribution is -0.274. The first-order valence-electron chi connectivity index (χ1n) is 8.10. The molecule has 0 amide bonds. The number of hydrogen-bond acceptors (Lipinski definition) is 4. The van der Waals surface area contributed by atoms with Gasteiger partial charge in [-0.05, 0) is 48.5 Å². The molecule has 0 atom stereocenters. The number of hydrogen-bond donors (Lipinski definition) is 0. The highest BCUT2D eigenvalue weighted by atomic mass is 19.4. The maximum Gasteiger partial charge on any atom is 0.573 e. The van der Waals surface area contributed by atoms with Crippen molar-refractivity contribution in [1.29, 1.82) is 0 Å². The van der Waals surface area contributed by atoms with E-state index < -0.39 is 18.1 Å². The summed E-state index contributed by atoms with van der Waals surface area (Å²) in [5.41, 5.74) is 1.02. The highest BCUT2D eigenvalue weighted by molar-refractivity contribution is 6.09. The minimum absolute atomic E-state index is 0.0546. The van der Waals surface area contributed by atoms with Crippen molar-refractivity contribution in [2.24, 2.45) is 0 Å². The quantitative estimate of drug-likeness (QED) is 0.350. The molecule has 142 valence electrons. The van der Waals surface area contributed by atoms with E-state index in [0.717, 1.165) is 24.3 Å². The number of halogens is 3. The molecule has 0 bridgehead atoms. The second kappa shape index (κ2) is 7.96. The van der Waals surface area contributed by atoms with Gasteiger partial charge in [0, 0.05) is 11.1 Å². The minimum atomic E-state index is -4.80. The Morgan fingerprint density at radius 1 is 0.643 bits per heavy atom. The Morgan fingerprint density at radius 3 is 1.71 bits per heavy atom. The number of ether oxygens (including phenoxy) is 2. The molecule has 0 fully saturated rings. The van der Waals surface area contributed by atoms with Crippen molar-refractivity contribution in [3.63, 3.8) is 0 Å². The van der Waals surface area contributed by atoms with E-state index in [0.29, 0.717) is 11.1 Å². The van der Waals surface area contributed by atoms with E-state index in [1.165, 1.54) is 24.3 Å². The van der Waals surface area contributed by atoms with Crippen LogP contribution in [-0.4, -0.2) is 18.1 Å². The summed E-state index contributed by atoms with van der Waals surface area (Å²) in [4.78, 5) is 24.4. The molecule has 0 spiro atoms. The third-order valence-corrected chi connectivity index (χ3v) is 3.69. The molecule has 4 nitrogen and oxygen atoms in total. The van der Waals surface area contributed by atoms with Crippen molar-refractivity contribution in [2.75, 3.05) is 0 Å². The lowest BCUT2D eigenvalue weighted by Crippen LogP contribution is -2.17. The van der Waals surface area contributed by atoms with Crippen LogP contribution in [-0.2, 0) is 0 Å². The molecule has 3 aromatic rings. The fourth-order valence-corrected chi connectivity index (χ4v) is 2.39. The Labute approximate surface area is 158 Å². The highest BCUT2D eigenvalue weighted by Crippen LogP contribution is 2.23. The molecule has 28 heavy (non-hydrogen) atoms. The second-order valence-corrected chi connectivity index (χ2v) is 5.68. The van der Waals surface area contributed by atoms with E-state index in [1.807, 2.05) is 0 Å². The molecule has 0 aliphatic carbocycles. The van der Waals surface area contributed by atoms with Crippen LogP contribution in [0.5, 0.6) is 11.5 Å². The summed E-state index contributed by atoms with van der Waals surface area (Å²) in [6.45, 7) is 0. The van der Waals surface area contributed by atoms with Crippen LogP contribution in [0.2, 0.25) is 0 Å². The molecule has 3 aromatic carbocycles. The van der Waals surface area contributed by atoms with Crippen molar-refractivity contribution < 1.29 is 32.2 Å². The molecule has 0 radical (unpaired) electrons.